The number of thioether (sulfide) groups is 1. The number of carboxylic acid groups (broad SMARTS) is 1. The van der Waals surface area contributed by atoms with Gasteiger partial charge < -0.3 is 5.11 Å². The van der Waals surface area contributed by atoms with E-state index in [2.05, 4.69) is 11.8 Å². The first kappa shape index (κ1) is 10.9. The first-order valence-electron chi connectivity index (χ1n) is 4.66. The van der Waals surface area contributed by atoms with Gasteiger partial charge in [0.05, 0.1) is 5.92 Å². The first-order valence-corrected chi connectivity index (χ1v) is 5.81. The maximum absolute atomic E-state index is 10.6. The maximum atomic E-state index is 10.6. The van der Waals surface area contributed by atoms with Gasteiger partial charge in [-0.2, -0.15) is 11.8 Å². The summed E-state index contributed by atoms with van der Waals surface area (Å²) in [5.74, 6) is 1.33. The van der Waals surface area contributed by atoms with Crippen LogP contribution in [0.2, 0.25) is 0 Å². The van der Waals surface area contributed by atoms with Gasteiger partial charge in [0.1, 0.15) is 0 Å². The van der Waals surface area contributed by atoms with Crippen molar-refractivity contribution in [3.05, 3.63) is 0 Å². The lowest BCUT2D eigenvalue weighted by atomic mass is 10.1. The van der Waals surface area contributed by atoms with Crippen molar-refractivity contribution in [3.8, 4) is 0 Å². The molecule has 1 fully saturated rings. The van der Waals surface area contributed by atoms with Gasteiger partial charge in [0.25, 0.3) is 0 Å². The van der Waals surface area contributed by atoms with Crippen molar-refractivity contribution in [2.24, 2.45) is 5.92 Å². The summed E-state index contributed by atoms with van der Waals surface area (Å²) in [6.45, 7) is 5.66. The molecule has 1 heterocycles. The Hall–Kier alpha value is -0.220. The van der Waals surface area contributed by atoms with Crippen molar-refractivity contribution >= 4 is 17.7 Å². The fraction of sp³-hybridized carbons (Fsp3) is 0.889. The molecule has 4 heteroatoms. The van der Waals surface area contributed by atoms with E-state index in [0.29, 0.717) is 12.6 Å². The van der Waals surface area contributed by atoms with Gasteiger partial charge in [-0.15, -0.1) is 0 Å². The van der Waals surface area contributed by atoms with E-state index < -0.39 is 5.97 Å². The monoisotopic (exact) mass is 203 g/mol. The molecule has 1 aliphatic heterocycles. The number of hydrogen-bond donors (Lipinski definition) is 1. The van der Waals surface area contributed by atoms with Crippen molar-refractivity contribution in [1.82, 2.24) is 4.90 Å². The van der Waals surface area contributed by atoms with Crippen LogP contribution >= 0.6 is 11.8 Å². The molecule has 0 aromatic heterocycles. The summed E-state index contributed by atoms with van der Waals surface area (Å²) in [5, 5.41) is 8.77. The second-order valence-corrected chi connectivity index (χ2v) is 4.81. The summed E-state index contributed by atoms with van der Waals surface area (Å²) in [7, 11) is 0. The summed E-state index contributed by atoms with van der Waals surface area (Å²) in [4.78, 5) is 12.9. The third-order valence-electron chi connectivity index (χ3n) is 2.44. The molecular weight excluding hydrogens is 186 g/mol. The average Bonchev–Trinajstić information content (AvgIpc) is 2.08. The summed E-state index contributed by atoms with van der Waals surface area (Å²) >= 11 is 1.95. The van der Waals surface area contributed by atoms with Crippen LogP contribution in [0.4, 0.5) is 0 Å². The highest BCUT2D eigenvalue weighted by molar-refractivity contribution is 7.99. The van der Waals surface area contributed by atoms with Crippen molar-refractivity contribution < 1.29 is 9.90 Å². The summed E-state index contributed by atoms with van der Waals surface area (Å²) in [6.07, 6.45) is 0. The van der Waals surface area contributed by atoms with E-state index in [0.717, 1.165) is 18.1 Å². The number of aliphatic carboxylic acids is 1. The summed E-state index contributed by atoms with van der Waals surface area (Å²) in [6, 6.07) is 0.528. The van der Waals surface area contributed by atoms with Gasteiger partial charge in [0, 0.05) is 30.6 Å². The number of hydrogen-bond acceptors (Lipinski definition) is 3. The van der Waals surface area contributed by atoms with Crippen LogP contribution < -0.4 is 0 Å². The van der Waals surface area contributed by atoms with Crippen molar-refractivity contribution in [2.45, 2.75) is 19.9 Å². The van der Waals surface area contributed by atoms with E-state index in [-0.39, 0.29) is 5.92 Å². The van der Waals surface area contributed by atoms with E-state index in [1.165, 1.54) is 0 Å². The molecule has 0 aromatic rings. The zero-order valence-electron chi connectivity index (χ0n) is 8.19. The van der Waals surface area contributed by atoms with Gasteiger partial charge in [-0.05, 0) is 6.92 Å². The van der Waals surface area contributed by atoms with E-state index in [1.54, 1.807) is 6.92 Å². The fourth-order valence-electron chi connectivity index (χ4n) is 1.46. The van der Waals surface area contributed by atoms with Crippen molar-refractivity contribution in [3.63, 3.8) is 0 Å². The molecule has 0 aliphatic carbocycles. The van der Waals surface area contributed by atoms with E-state index in [1.807, 2.05) is 11.8 Å². The fourth-order valence-corrected chi connectivity index (χ4v) is 2.54. The molecule has 0 saturated carbocycles. The highest BCUT2D eigenvalue weighted by atomic mass is 32.2. The molecule has 1 aliphatic rings. The minimum absolute atomic E-state index is 0.245. The topological polar surface area (TPSA) is 40.5 Å². The summed E-state index contributed by atoms with van der Waals surface area (Å²) < 4.78 is 0. The lowest BCUT2D eigenvalue weighted by Crippen LogP contribution is -2.43. The molecule has 1 N–H and O–H groups in total. The van der Waals surface area contributed by atoms with Crippen molar-refractivity contribution in [2.75, 3.05) is 24.6 Å². The zero-order valence-corrected chi connectivity index (χ0v) is 9.01. The quantitative estimate of drug-likeness (QED) is 0.747. The summed E-state index contributed by atoms with van der Waals surface area (Å²) in [5.41, 5.74) is 0. The molecular formula is C9H17NO2S. The average molecular weight is 203 g/mol. The number of carbonyl (C=O) groups is 1. The first-order chi connectivity index (χ1) is 6.11. The molecule has 0 spiro atoms. The van der Waals surface area contributed by atoms with Gasteiger partial charge in [-0.25, -0.2) is 0 Å². The molecule has 2 unspecified atom stereocenters. The second-order valence-electron chi connectivity index (χ2n) is 3.66. The van der Waals surface area contributed by atoms with E-state index in [9.17, 15) is 4.79 Å². The Labute approximate surface area is 83.5 Å². The highest BCUT2D eigenvalue weighted by Gasteiger charge is 2.22. The Balaban J connectivity index is 2.37. The molecule has 1 rings (SSSR count). The molecule has 13 heavy (non-hydrogen) atoms. The number of rotatable bonds is 3. The molecule has 0 bridgehead atoms. The molecule has 3 nitrogen and oxygen atoms in total. The molecule has 2 atom stereocenters. The lowest BCUT2D eigenvalue weighted by molar-refractivity contribution is -0.141. The zero-order chi connectivity index (χ0) is 9.84. The molecule has 1 saturated heterocycles. The lowest BCUT2D eigenvalue weighted by Gasteiger charge is -2.33. The Morgan fingerprint density at radius 1 is 1.77 bits per heavy atom. The molecule has 0 amide bonds. The third-order valence-corrected chi connectivity index (χ3v) is 3.62. The highest BCUT2D eigenvalue weighted by Crippen LogP contribution is 2.17. The van der Waals surface area contributed by atoms with Crippen LogP contribution in [0.25, 0.3) is 0 Å². The smallest absolute Gasteiger partial charge is 0.307 e. The predicted molar refractivity (Wildman–Crippen MR) is 55.2 cm³/mol. The second kappa shape index (κ2) is 4.86. The van der Waals surface area contributed by atoms with Crippen LogP contribution in [0, 0.1) is 5.92 Å². The largest absolute Gasteiger partial charge is 0.481 e. The van der Waals surface area contributed by atoms with Gasteiger partial charge >= 0.3 is 5.97 Å². The minimum atomic E-state index is -0.689. The molecule has 0 radical (unpaired) electrons. The van der Waals surface area contributed by atoms with Crippen molar-refractivity contribution in [1.29, 1.82) is 0 Å². The normalized spacial score (nSPS) is 27.1. The van der Waals surface area contributed by atoms with Crippen LogP contribution in [0.3, 0.4) is 0 Å². The van der Waals surface area contributed by atoms with Crippen LogP contribution in [0.1, 0.15) is 13.8 Å². The van der Waals surface area contributed by atoms with E-state index in [4.69, 9.17) is 5.11 Å². The Bertz CT molecular complexity index is 186. The van der Waals surface area contributed by atoms with Gasteiger partial charge in [-0.1, -0.05) is 6.92 Å². The van der Waals surface area contributed by atoms with Crippen LogP contribution in [0.15, 0.2) is 0 Å². The molecule has 76 valence electrons. The Morgan fingerprint density at radius 2 is 2.46 bits per heavy atom. The number of carboxylic acids is 1. The van der Waals surface area contributed by atoms with Crippen LogP contribution in [-0.2, 0) is 4.79 Å². The minimum Gasteiger partial charge on any atom is -0.481 e. The third kappa shape index (κ3) is 3.19. The maximum Gasteiger partial charge on any atom is 0.307 e. The van der Waals surface area contributed by atoms with E-state index >= 15 is 0 Å². The van der Waals surface area contributed by atoms with Crippen LogP contribution in [0.5, 0.6) is 0 Å². The van der Waals surface area contributed by atoms with Crippen LogP contribution in [-0.4, -0.2) is 46.6 Å². The predicted octanol–water partition coefficient (Wildman–Crippen LogP) is 1.14. The van der Waals surface area contributed by atoms with Gasteiger partial charge in [0.2, 0.25) is 0 Å². The number of nitrogens with zero attached hydrogens (tertiary/aromatic N) is 1. The standard InChI is InChI=1S/C9H17NO2S/c1-7(9(11)12)5-10-3-4-13-6-8(10)2/h7-8H,3-6H2,1-2H3,(H,11,12). The Kier molecular flexibility index (Phi) is 4.06. The molecule has 0 aromatic carbocycles. The SMILES string of the molecule is CC(CN1CCSCC1C)C(=O)O. The van der Waals surface area contributed by atoms with Gasteiger partial charge in [-0.3, -0.25) is 9.69 Å². The Morgan fingerprint density at radius 3 is 3.00 bits per heavy atom. The van der Waals surface area contributed by atoms with Gasteiger partial charge in [0.15, 0.2) is 0 Å².